The maximum atomic E-state index is 13.5. The normalized spacial score (nSPS) is 21.6. The van der Waals surface area contributed by atoms with E-state index in [-0.39, 0.29) is 5.82 Å². The number of hydrogen-bond acceptors (Lipinski definition) is 2. The van der Waals surface area contributed by atoms with E-state index in [0.29, 0.717) is 6.04 Å². The summed E-state index contributed by atoms with van der Waals surface area (Å²) in [5.74, 6) is -0.0891. The van der Waals surface area contributed by atoms with Crippen molar-refractivity contribution in [3.63, 3.8) is 0 Å². The number of nitrogens with two attached hydrogens (primary N) is 1. The average Bonchev–Trinajstić information content (AvgIpc) is 2.38. The van der Waals surface area contributed by atoms with Crippen molar-refractivity contribution in [3.05, 3.63) is 35.6 Å². The highest BCUT2D eigenvalue weighted by molar-refractivity contribution is 5.17. The molecule has 1 aliphatic rings. The Labute approximate surface area is 103 Å². The first-order valence-electron chi connectivity index (χ1n) is 6.49. The summed E-state index contributed by atoms with van der Waals surface area (Å²) in [5, 5.41) is 0. The van der Waals surface area contributed by atoms with Gasteiger partial charge in [0.1, 0.15) is 5.82 Å². The van der Waals surface area contributed by atoms with Gasteiger partial charge in [0.2, 0.25) is 0 Å². The molecule has 0 bridgehead atoms. The van der Waals surface area contributed by atoms with Gasteiger partial charge in [-0.05, 0) is 37.4 Å². The molecule has 2 N–H and O–H groups in total. The molecule has 1 heterocycles. The highest BCUT2D eigenvalue weighted by Gasteiger charge is 2.20. The van der Waals surface area contributed by atoms with E-state index in [4.69, 9.17) is 5.73 Å². The predicted molar refractivity (Wildman–Crippen MR) is 68.4 cm³/mol. The summed E-state index contributed by atoms with van der Waals surface area (Å²) in [7, 11) is 0. The minimum absolute atomic E-state index is 0.0891. The largest absolute Gasteiger partial charge is 0.329 e. The second kappa shape index (κ2) is 6.12. The average molecular weight is 236 g/mol. The molecule has 2 rings (SSSR count). The van der Waals surface area contributed by atoms with Crippen molar-refractivity contribution >= 4 is 0 Å². The van der Waals surface area contributed by atoms with Crippen molar-refractivity contribution in [2.24, 2.45) is 5.73 Å². The van der Waals surface area contributed by atoms with Crippen molar-refractivity contribution < 1.29 is 4.39 Å². The fourth-order valence-corrected chi connectivity index (χ4v) is 2.59. The lowest BCUT2D eigenvalue weighted by molar-refractivity contribution is 0.154. The molecule has 0 saturated carbocycles. The molecule has 1 saturated heterocycles. The molecular weight excluding hydrogens is 215 g/mol. The summed E-state index contributed by atoms with van der Waals surface area (Å²) in [6.45, 7) is 2.75. The molecule has 0 amide bonds. The third kappa shape index (κ3) is 3.27. The Morgan fingerprint density at radius 3 is 2.88 bits per heavy atom. The molecule has 1 aromatic rings. The first kappa shape index (κ1) is 12.5. The van der Waals surface area contributed by atoms with Gasteiger partial charge >= 0.3 is 0 Å². The molecule has 17 heavy (non-hydrogen) atoms. The summed E-state index contributed by atoms with van der Waals surface area (Å²) in [6, 6.07) is 7.54. The number of halogens is 1. The molecule has 1 unspecified atom stereocenters. The Bertz CT molecular complexity index is 354. The van der Waals surface area contributed by atoms with Gasteiger partial charge in [-0.3, -0.25) is 4.90 Å². The van der Waals surface area contributed by atoms with Crippen LogP contribution in [0, 0.1) is 5.82 Å². The number of hydrogen-bond donors (Lipinski definition) is 1. The van der Waals surface area contributed by atoms with Crippen LogP contribution in [0.5, 0.6) is 0 Å². The van der Waals surface area contributed by atoms with Crippen LogP contribution in [-0.4, -0.2) is 30.6 Å². The molecule has 1 atom stereocenters. The van der Waals surface area contributed by atoms with E-state index >= 15 is 0 Å². The fourth-order valence-electron chi connectivity index (χ4n) is 2.59. The minimum atomic E-state index is -0.0891. The number of nitrogens with zero attached hydrogens (tertiary/aromatic N) is 1. The molecule has 3 heteroatoms. The van der Waals surface area contributed by atoms with Crippen LogP contribution in [0.4, 0.5) is 4.39 Å². The standard InChI is InChI=1S/C14H21FN2/c15-14-7-2-1-5-12(14)8-10-17-9-4-3-6-13(17)11-16/h1-2,5,7,13H,3-4,6,8-11,16H2. The Morgan fingerprint density at radius 1 is 1.29 bits per heavy atom. The number of rotatable bonds is 4. The SMILES string of the molecule is NCC1CCCCN1CCc1ccccc1F. The predicted octanol–water partition coefficient (Wildman–Crippen LogP) is 2.18. The quantitative estimate of drug-likeness (QED) is 0.868. The smallest absolute Gasteiger partial charge is 0.126 e. The number of benzene rings is 1. The topological polar surface area (TPSA) is 29.3 Å². The van der Waals surface area contributed by atoms with Crippen LogP contribution in [0.25, 0.3) is 0 Å². The zero-order chi connectivity index (χ0) is 12.1. The molecule has 1 fully saturated rings. The van der Waals surface area contributed by atoms with Crippen molar-refractivity contribution in [1.29, 1.82) is 0 Å². The first-order valence-corrected chi connectivity index (χ1v) is 6.49. The third-order valence-electron chi connectivity index (χ3n) is 3.65. The molecule has 0 aliphatic carbocycles. The maximum Gasteiger partial charge on any atom is 0.126 e. The van der Waals surface area contributed by atoms with E-state index in [0.717, 1.165) is 31.6 Å². The minimum Gasteiger partial charge on any atom is -0.329 e. The summed E-state index contributed by atoms with van der Waals surface area (Å²) < 4.78 is 13.5. The van der Waals surface area contributed by atoms with Gasteiger partial charge < -0.3 is 5.73 Å². The molecule has 0 radical (unpaired) electrons. The summed E-state index contributed by atoms with van der Waals surface area (Å²) in [6.07, 6.45) is 4.49. The number of likely N-dealkylation sites (tertiary alicyclic amines) is 1. The third-order valence-corrected chi connectivity index (χ3v) is 3.65. The lowest BCUT2D eigenvalue weighted by Gasteiger charge is -2.35. The van der Waals surface area contributed by atoms with Gasteiger partial charge in [0.05, 0.1) is 0 Å². The van der Waals surface area contributed by atoms with Crippen LogP contribution in [0.1, 0.15) is 24.8 Å². The van der Waals surface area contributed by atoms with Crippen molar-refractivity contribution in [3.8, 4) is 0 Å². The fraction of sp³-hybridized carbons (Fsp3) is 0.571. The molecule has 0 spiro atoms. The summed E-state index contributed by atoms with van der Waals surface area (Å²) >= 11 is 0. The van der Waals surface area contributed by atoms with Crippen LogP contribution in [-0.2, 0) is 6.42 Å². The zero-order valence-electron chi connectivity index (χ0n) is 10.2. The van der Waals surface area contributed by atoms with Crippen LogP contribution in [0.2, 0.25) is 0 Å². The maximum absolute atomic E-state index is 13.5. The number of piperidine rings is 1. The lowest BCUT2D eigenvalue weighted by atomic mass is 10.0. The van der Waals surface area contributed by atoms with E-state index in [1.54, 1.807) is 6.07 Å². The zero-order valence-corrected chi connectivity index (χ0v) is 10.2. The van der Waals surface area contributed by atoms with Crippen molar-refractivity contribution in [2.75, 3.05) is 19.6 Å². The Kier molecular flexibility index (Phi) is 4.51. The van der Waals surface area contributed by atoms with Gasteiger partial charge in [-0.2, -0.15) is 0 Å². The molecule has 94 valence electrons. The van der Waals surface area contributed by atoms with Gasteiger partial charge in [0.25, 0.3) is 0 Å². The Morgan fingerprint density at radius 2 is 2.12 bits per heavy atom. The van der Waals surface area contributed by atoms with Gasteiger partial charge in [-0.15, -0.1) is 0 Å². The van der Waals surface area contributed by atoms with Crippen LogP contribution in [0.3, 0.4) is 0 Å². The summed E-state index contributed by atoms with van der Waals surface area (Å²) in [4.78, 5) is 2.41. The van der Waals surface area contributed by atoms with E-state index in [1.165, 1.54) is 25.3 Å². The first-order chi connectivity index (χ1) is 8.31. The Hall–Kier alpha value is -0.930. The van der Waals surface area contributed by atoms with E-state index in [9.17, 15) is 4.39 Å². The lowest BCUT2D eigenvalue weighted by Crippen LogP contribution is -2.44. The highest BCUT2D eigenvalue weighted by atomic mass is 19.1. The molecule has 1 aromatic carbocycles. The van der Waals surface area contributed by atoms with Gasteiger partial charge in [0.15, 0.2) is 0 Å². The second-order valence-electron chi connectivity index (χ2n) is 4.76. The van der Waals surface area contributed by atoms with E-state index in [1.807, 2.05) is 12.1 Å². The molecule has 0 aromatic heterocycles. The van der Waals surface area contributed by atoms with Crippen molar-refractivity contribution in [2.45, 2.75) is 31.7 Å². The highest BCUT2D eigenvalue weighted by Crippen LogP contribution is 2.17. The van der Waals surface area contributed by atoms with Gasteiger partial charge in [-0.25, -0.2) is 4.39 Å². The van der Waals surface area contributed by atoms with Crippen molar-refractivity contribution in [1.82, 2.24) is 4.90 Å². The Balaban J connectivity index is 1.90. The van der Waals surface area contributed by atoms with Gasteiger partial charge in [0, 0.05) is 19.1 Å². The van der Waals surface area contributed by atoms with Crippen LogP contribution < -0.4 is 5.73 Å². The van der Waals surface area contributed by atoms with E-state index in [2.05, 4.69) is 4.90 Å². The van der Waals surface area contributed by atoms with E-state index < -0.39 is 0 Å². The molecular formula is C14H21FN2. The van der Waals surface area contributed by atoms with Crippen LogP contribution in [0.15, 0.2) is 24.3 Å². The monoisotopic (exact) mass is 236 g/mol. The van der Waals surface area contributed by atoms with Gasteiger partial charge in [-0.1, -0.05) is 24.6 Å². The molecule has 1 aliphatic heterocycles. The van der Waals surface area contributed by atoms with Crippen LogP contribution >= 0.6 is 0 Å². The molecule has 2 nitrogen and oxygen atoms in total. The second-order valence-corrected chi connectivity index (χ2v) is 4.76. The summed E-state index contributed by atoms with van der Waals surface area (Å²) in [5.41, 5.74) is 6.59.